The fourth-order valence-electron chi connectivity index (χ4n) is 2.37. The van der Waals surface area contributed by atoms with Gasteiger partial charge in [0.25, 0.3) is 0 Å². The molecular weight excluding hydrogens is 222 g/mol. The van der Waals surface area contributed by atoms with Crippen molar-refractivity contribution < 1.29 is 0 Å². The van der Waals surface area contributed by atoms with Gasteiger partial charge in [0.05, 0.1) is 11.6 Å². The first-order valence-electron chi connectivity index (χ1n) is 6.04. The zero-order valence-electron chi connectivity index (χ0n) is 9.93. The van der Waals surface area contributed by atoms with E-state index in [1.165, 1.54) is 11.1 Å². The molecule has 0 spiro atoms. The van der Waals surface area contributed by atoms with Crippen LogP contribution in [-0.2, 0) is 6.42 Å². The van der Waals surface area contributed by atoms with Crippen molar-refractivity contribution in [2.45, 2.75) is 12.3 Å². The topological polar surface area (TPSA) is 48.7 Å². The van der Waals surface area contributed by atoms with Gasteiger partial charge >= 0.3 is 0 Å². The zero-order valence-corrected chi connectivity index (χ0v) is 9.93. The van der Waals surface area contributed by atoms with Crippen molar-refractivity contribution in [3.8, 4) is 6.07 Å². The second-order valence-corrected chi connectivity index (χ2v) is 4.52. The van der Waals surface area contributed by atoms with E-state index in [1.54, 1.807) is 18.3 Å². The smallest absolute Gasteiger partial charge is 0.127 e. The van der Waals surface area contributed by atoms with Gasteiger partial charge in [-0.25, -0.2) is 4.98 Å². The molecule has 88 valence electrons. The maximum absolute atomic E-state index is 8.82. The Balaban J connectivity index is 1.65. The van der Waals surface area contributed by atoms with Gasteiger partial charge in [0.1, 0.15) is 5.82 Å². The van der Waals surface area contributed by atoms with Gasteiger partial charge in [-0.2, -0.15) is 5.26 Å². The number of hydrogen-bond donors (Lipinski definition) is 1. The van der Waals surface area contributed by atoms with Crippen LogP contribution in [0, 0.1) is 11.3 Å². The normalized spacial score (nSPS) is 16.3. The highest BCUT2D eigenvalue weighted by molar-refractivity contribution is 5.45. The van der Waals surface area contributed by atoms with Gasteiger partial charge in [0.2, 0.25) is 0 Å². The summed E-state index contributed by atoms with van der Waals surface area (Å²) in [6.45, 7) is 0.874. The third-order valence-corrected chi connectivity index (χ3v) is 3.38. The molecule has 3 heteroatoms. The van der Waals surface area contributed by atoms with Gasteiger partial charge in [-0.05, 0) is 29.7 Å². The Morgan fingerprint density at radius 2 is 2.22 bits per heavy atom. The number of pyridine rings is 1. The Morgan fingerprint density at radius 1 is 1.33 bits per heavy atom. The summed E-state index contributed by atoms with van der Waals surface area (Å²) in [5, 5.41) is 12.1. The first-order chi connectivity index (χ1) is 8.86. The van der Waals surface area contributed by atoms with Gasteiger partial charge < -0.3 is 5.32 Å². The van der Waals surface area contributed by atoms with Crippen LogP contribution in [0.15, 0.2) is 42.6 Å². The van der Waals surface area contributed by atoms with E-state index >= 15 is 0 Å². The number of anilines is 1. The molecule has 1 unspecified atom stereocenters. The number of benzene rings is 1. The number of rotatable bonds is 3. The van der Waals surface area contributed by atoms with Crippen LogP contribution in [0.3, 0.4) is 0 Å². The van der Waals surface area contributed by atoms with Gasteiger partial charge in [-0.3, -0.25) is 0 Å². The minimum Gasteiger partial charge on any atom is -0.369 e. The molecule has 3 rings (SSSR count). The van der Waals surface area contributed by atoms with E-state index in [0.717, 1.165) is 18.8 Å². The van der Waals surface area contributed by atoms with Crippen LogP contribution < -0.4 is 5.32 Å². The second-order valence-electron chi connectivity index (χ2n) is 4.52. The van der Waals surface area contributed by atoms with Crippen LogP contribution in [-0.4, -0.2) is 11.5 Å². The van der Waals surface area contributed by atoms with E-state index in [4.69, 9.17) is 5.26 Å². The molecule has 1 atom stereocenters. The van der Waals surface area contributed by atoms with Gasteiger partial charge in [0, 0.05) is 18.7 Å². The van der Waals surface area contributed by atoms with E-state index in [9.17, 15) is 0 Å². The summed E-state index contributed by atoms with van der Waals surface area (Å²) >= 11 is 0. The third-order valence-electron chi connectivity index (χ3n) is 3.38. The largest absolute Gasteiger partial charge is 0.369 e. The van der Waals surface area contributed by atoms with Crippen LogP contribution in [0.4, 0.5) is 5.82 Å². The maximum atomic E-state index is 8.82. The number of nitrogens with one attached hydrogen (secondary N) is 1. The molecule has 18 heavy (non-hydrogen) atoms. The Bertz CT molecular complexity index is 613. The van der Waals surface area contributed by atoms with E-state index < -0.39 is 0 Å². The summed E-state index contributed by atoms with van der Waals surface area (Å²) in [6.07, 6.45) is 2.79. The molecule has 1 aromatic carbocycles. The SMILES string of the molecule is N#Cc1ccnc(NCC2Cc3ccccc32)c1. The molecule has 0 saturated heterocycles. The minimum absolute atomic E-state index is 0.564. The van der Waals surface area contributed by atoms with Crippen molar-refractivity contribution in [1.82, 2.24) is 4.98 Å². The van der Waals surface area contributed by atoms with Crippen LogP contribution in [0.1, 0.15) is 22.6 Å². The lowest BCUT2D eigenvalue weighted by molar-refractivity contribution is 0.634. The average molecular weight is 235 g/mol. The number of nitriles is 1. The van der Waals surface area contributed by atoms with Crippen LogP contribution in [0.5, 0.6) is 0 Å². The molecule has 1 aromatic heterocycles. The van der Waals surface area contributed by atoms with Crippen molar-refractivity contribution in [1.29, 1.82) is 5.26 Å². The predicted octanol–water partition coefficient (Wildman–Crippen LogP) is 2.71. The third kappa shape index (κ3) is 1.93. The number of nitrogens with zero attached hydrogens (tertiary/aromatic N) is 2. The molecule has 1 heterocycles. The Morgan fingerprint density at radius 3 is 3.06 bits per heavy atom. The fourth-order valence-corrected chi connectivity index (χ4v) is 2.37. The minimum atomic E-state index is 0.564. The van der Waals surface area contributed by atoms with Crippen molar-refractivity contribution in [2.75, 3.05) is 11.9 Å². The zero-order chi connectivity index (χ0) is 12.4. The summed E-state index contributed by atoms with van der Waals surface area (Å²) in [5.41, 5.74) is 3.52. The Labute approximate surface area is 106 Å². The summed E-state index contributed by atoms with van der Waals surface area (Å²) in [6, 6.07) is 14.1. The number of hydrogen-bond acceptors (Lipinski definition) is 3. The molecule has 0 saturated carbocycles. The second kappa shape index (κ2) is 4.50. The van der Waals surface area contributed by atoms with Gasteiger partial charge in [0.15, 0.2) is 0 Å². The lowest BCUT2D eigenvalue weighted by Gasteiger charge is -2.30. The van der Waals surface area contributed by atoms with Crippen LogP contribution >= 0.6 is 0 Å². The lowest BCUT2D eigenvalue weighted by Crippen LogP contribution is -2.24. The van der Waals surface area contributed by atoms with Crippen molar-refractivity contribution in [3.63, 3.8) is 0 Å². The molecular formula is C15H13N3. The highest BCUT2D eigenvalue weighted by atomic mass is 15.0. The molecule has 0 amide bonds. The van der Waals surface area contributed by atoms with E-state index in [2.05, 4.69) is 40.6 Å². The first kappa shape index (κ1) is 10.8. The quantitative estimate of drug-likeness (QED) is 0.889. The number of aromatic nitrogens is 1. The molecule has 1 aliphatic carbocycles. The monoisotopic (exact) mass is 235 g/mol. The Kier molecular flexibility index (Phi) is 2.70. The first-order valence-corrected chi connectivity index (χ1v) is 6.04. The molecule has 2 aromatic rings. The molecule has 0 radical (unpaired) electrons. The predicted molar refractivity (Wildman–Crippen MR) is 70.3 cm³/mol. The molecule has 0 bridgehead atoms. The fraction of sp³-hybridized carbons (Fsp3) is 0.200. The standard InChI is InChI=1S/C15H13N3/c16-9-11-5-6-17-15(7-11)18-10-13-8-12-3-1-2-4-14(12)13/h1-7,13H,8,10H2,(H,17,18). The molecule has 0 fully saturated rings. The van der Waals surface area contributed by atoms with Crippen molar-refractivity contribution in [2.24, 2.45) is 0 Å². The highest BCUT2D eigenvalue weighted by Gasteiger charge is 2.24. The Hall–Kier alpha value is -2.34. The molecule has 1 aliphatic rings. The summed E-state index contributed by atoms with van der Waals surface area (Å²) in [7, 11) is 0. The van der Waals surface area contributed by atoms with Gasteiger partial charge in [-0.15, -0.1) is 0 Å². The lowest BCUT2D eigenvalue weighted by atomic mass is 9.77. The van der Waals surface area contributed by atoms with E-state index in [1.807, 2.05) is 0 Å². The molecule has 1 N–H and O–H groups in total. The van der Waals surface area contributed by atoms with Crippen LogP contribution in [0.25, 0.3) is 0 Å². The van der Waals surface area contributed by atoms with Crippen LogP contribution in [0.2, 0.25) is 0 Å². The summed E-state index contributed by atoms with van der Waals surface area (Å²) < 4.78 is 0. The maximum Gasteiger partial charge on any atom is 0.127 e. The highest BCUT2D eigenvalue weighted by Crippen LogP contribution is 2.34. The summed E-state index contributed by atoms with van der Waals surface area (Å²) in [5.74, 6) is 1.34. The van der Waals surface area contributed by atoms with E-state index in [-0.39, 0.29) is 0 Å². The summed E-state index contributed by atoms with van der Waals surface area (Å²) in [4.78, 5) is 4.21. The molecule has 3 nitrogen and oxygen atoms in total. The average Bonchev–Trinajstić information content (AvgIpc) is 2.40. The number of fused-ring (bicyclic) bond motifs is 1. The van der Waals surface area contributed by atoms with Gasteiger partial charge in [-0.1, -0.05) is 24.3 Å². The molecule has 0 aliphatic heterocycles. The van der Waals surface area contributed by atoms with Crippen molar-refractivity contribution in [3.05, 3.63) is 59.3 Å². The van der Waals surface area contributed by atoms with Crippen molar-refractivity contribution >= 4 is 5.82 Å². The van der Waals surface area contributed by atoms with E-state index in [0.29, 0.717) is 11.5 Å².